The summed E-state index contributed by atoms with van der Waals surface area (Å²) in [5, 5.41) is 12.9. The third-order valence-corrected chi connectivity index (χ3v) is 19.7. The van der Waals surface area contributed by atoms with Crippen molar-refractivity contribution >= 4 is 131 Å². The molecule has 12 heteroatoms. The average molecular weight is 1310 g/mol. The molecule has 0 saturated heterocycles. The van der Waals surface area contributed by atoms with Gasteiger partial charge >= 0.3 is 0 Å². The van der Waals surface area contributed by atoms with Gasteiger partial charge in [-0.2, -0.15) is 0 Å². The largest absolute Gasteiger partial charge is 0.456 e. The summed E-state index contributed by atoms with van der Waals surface area (Å²) in [6.07, 6.45) is 0. The molecule has 22 aromatic rings. The van der Waals surface area contributed by atoms with Gasteiger partial charge < -0.3 is 26.8 Å². The van der Waals surface area contributed by atoms with Crippen LogP contribution in [0.2, 0.25) is 0 Å². The molecule has 22 rings (SSSR count). The molecule has 0 N–H and O–H groups in total. The SMILES string of the molecule is c1ccc(-c2nc(-c3ccc4c(c3)oc3c4ccc4c3c3ccccc3n4-c3ccccc3)nc(-c3cccc4oc5ccccc5c34)n2)cc1.c1ccc(-c2nc(-c3ccc4c(c3)oc3ccccc34)nc(-c3ccc4c(c3)oc3c4ccc4c3c3ccccc3n4-c3ccccc3)n2)cc1. The summed E-state index contributed by atoms with van der Waals surface area (Å²) in [5.74, 6) is 3.48. The molecule has 8 aromatic heterocycles. The summed E-state index contributed by atoms with van der Waals surface area (Å²) in [6.45, 7) is 0. The first-order chi connectivity index (χ1) is 50.5. The lowest BCUT2D eigenvalue weighted by atomic mass is 10.0. The lowest BCUT2D eigenvalue weighted by molar-refractivity contribution is 0.668. The molecule has 0 bridgehead atoms. The van der Waals surface area contributed by atoms with Crippen molar-refractivity contribution in [2.24, 2.45) is 0 Å². The van der Waals surface area contributed by atoms with E-state index in [-0.39, 0.29) is 0 Å². The minimum atomic E-state index is 0.566. The van der Waals surface area contributed by atoms with Crippen LogP contribution in [0.25, 0.3) is 211 Å². The Morgan fingerprint density at radius 1 is 0.196 bits per heavy atom. The Morgan fingerprint density at radius 2 is 0.539 bits per heavy atom. The minimum Gasteiger partial charge on any atom is -0.456 e. The normalized spacial score (nSPS) is 11.9. The van der Waals surface area contributed by atoms with Gasteiger partial charge in [-0.3, -0.25) is 0 Å². The average Bonchev–Trinajstić information content (AvgIpc) is 1.76. The summed E-state index contributed by atoms with van der Waals surface area (Å²) in [7, 11) is 0. The van der Waals surface area contributed by atoms with Gasteiger partial charge in [0.2, 0.25) is 0 Å². The van der Waals surface area contributed by atoms with Gasteiger partial charge in [0.1, 0.15) is 44.7 Å². The zero-order valence-electron chi connectivity index (χ0n) is 54.2. The molecule has 0 saturated carbocycles. The number of para-hydroxylation sites is 6. The summed E-state index contributed by atoms with van der Waals surface area (Å²) < 4.78 is 30.7. The van der Waals surface area contributed by atoms with Crippen LogP contribution in [0.5, 0.6) is 0 Å². The summed E-state index contributed by atoms with van der Waals surface area (Å²) in [4.78, 5) is 30.2. The van der Waals surface area contributed by atoms with Gasteiger partial charge in [-0.25, -0.2) is 29.9 Å². The smallest absolute Gasteiger partial charge is 0.164 e. The van der Waals surface area contributed by atoms with E-state index in [9.17, 15) is 0 Å². The molecule has 12 nitrogen and oxygen atoms in total. The molecule has 0 radical (unpaired) electrons. The predicted octanol–water partition coefficient (Wildman–Crippen LogP) is 23.5. The Morgan fingerprint density at radius 3 is 1.03 bits per heavy atom. The fraction of sp³-hybridized carbons (Fsp3) is 0. The number of hydrogen-bond donors (Lipinski definition) is 0. The molecule has 0 aliphatic heterocycles. The van der Waals surface area contributed by atoms with Gasteiger partial charge in [-0.15, -0.1) is 0 Å². The lowest BCUT2D eigenvalue weighted by Gasteiger charge is -2.09. The van der Waals surface area contributed by atoms with Crippen LogP contribution in [0.3, 0.4) is 0 Å². The highest BCUT2D eigenvalue weighted by Crippen LogP contribution is 2.45. The van der Waals surface area contributed by atoms with Crippen LogP contribution in [0.4, 0.5) is 0 Å². The standard InChI is InChI=1S/2C45H26N4O2/c1-3-12-27(13-4-1)43-46-44(48-45(47-43)34-18-11-21-38-40(34)33-17-8-10-20-37(33)50-38)28-22-23-30-31-24-25-36-41(42(31)51-39(30)26-28)32-16-7-9-19-35(32)49(36)29-14-5-2-6-15-29;1-3-11-27(12-4-1)43-46-44(28-19-21-32-31-15-8-10-18-38(31)50-39(32)25-28)48-45(47-43)29-20-22-33-34-23-24-37-41(42(34)51-40(33)26-29)35-16-7-9-17-36(35)49(37)30-13-5-2-6-14-30/h2*1-26H. The van der Waals surface area contributed by atoms with Crippen molar-refractivity contribution in [2.75, 3.05) is 0 Å². The number of hydrogen-bond acceptors (Lipinski definition) is 10. The molecule has 476 valence electrons. The predicted molar refractivity (Wildman–Crippen MR) is 410 cm³/mol. The van der Waals surface area contributed by atoms with Crippen molar-refractivity contribution in [2.45, 2.75) is 0 Å². The van der Waals surface area contributed by atoms with Crippen molar-refractivity contribution in [3.63, 3.8) is 0 Å². The fourth-order valence-electron chi connectivity index (χ4n) is 15.1. The van der Waals surface area contributed by atoms with Gasteiger partial charge in [-0.1, -0.05) is 200 Å². The van der Waals surface area contributed by atoms with Crippen LogP contribution in [0.15, 0.2) is 333 Å². The van der Waals surface area contributed by atoms with E-state index in [0.717, 1.165) is 176 Å². The maximum atomic E-state index is 6.81. The highest BCUT2D eigenvalue weighted by atomic mass is 16.3. The van der Waals surface area contributed by atoms with Crippen molar-refractivity contribution < 1.29 is 17.7 Å². The van der Waals surface area contributed by atoms with Crippen molar-refractivity contribution in [3.8, 4) is 79.7 Å². The second-order valence-corrected chi connectivity index (χ2v) is 25.6. The third kappa shape index (κ3) is 9.10. The molecule has 0 aliphatic rings. The molecule has 0 fully saturated rings. The van der Waals surface area contributed by atoms with E-state index in [2.05, 4.69) is 191 Å². The monoisotopic (exact) mass is 1310 g/mol. The van der Waals surface area contributed by atoms with E-state index in [1.54, 1.807) is 0 Å². The molecular formula is C90H52N8O4. The van der Waals surface area contributed by atoms with E-state index in [1.165, 1.54) is 0 Å². The van der Waals surface area contributed by atoms with Crippen LogP contribution in [-0.2, 0) is 0 Å². The highest BCUT2D eigenvalue weighted by Gasteiger charge is 2.24. The zero-order chi connectivity index (χ0) is 66.9. The van der Waals surface area contributed by atoms with Crippen LogP contribution in [0, 0.1) is 0 Å². The summed E-state index contributed by atoms with van der Waals surface area (Å²) in [6, 6.07) is 108. The lowest BCUT2D eigenvalue weighted by Crippen LogP contribution is -2.00. The molecule has 0 aliphatic carbocycles. The topological polar surface area (TPSA) is 140 Å². The quantitative estimate of drug-likeness (QED) is 0.144. The maximum Gasteiger partial charge on any atom is 0.164 e. The Hall–Kier alpha value is -14.1. The number of benzene rings is 14. The molecule has 0 amide bonds. The molecule has 0 unspecified atom stereocenters. The van der Waals surface area contributed by atoms with Crippen LogP contribution in [0.1, 0.15) is 0 Å². The molecular weight excluding hydrogens is 1260 g/mol. The minimum absolute atomic E-state index is 0.566. The first-order valence-electron chi connectivity index (χ1n) is 33.9. The number of rotatable bonds is 8. The molecule has 8 heterocycles. The van der Waals surface area contributed by atoms with Crippen molar-refractivity contribution in [3.05, 3.63) is 315 Å². The maximum absolute atomic E-state index is 6.81. The molecule has 14 aromatic carbocycles. The van der Waals surface area contributed by atoms with E-state index in [0.29, 0.717) is 34.9 Å². The third-order valence-electron chi connectivity index (χ3n) is 19.7. The summed E-state index contributed by atoms with van der Waals surface area (Å²) >= 11 is 0. The second-order valence-electron chi connectivity index (χ2n) is 25.6. The first-order valence-corrected chi connectivity index (χ1v) is 33.9. The Balaban J connectivity index is 0.000000133. The number of furan rings is 4. The molecule has 102 heavy (non-hydrogen) atoms. The summed E-state index contributed by atoms with van der Waals surface area (Å²) in [5.41, 5.74) is 18.5. The Bertz CT molecular complexity index is 7130. The van der Waals surface area contributed by atoms with Gasteiger partial charge in [0.05, 0.1) is 32.8 Å². The Kier molecular flexibility index (Phi) is 12.7. The van der Waals surface area contributed by atoms with Gasteiger partial charge in [0.25, 0.3) is 0 Å². The molecule has 0 spiro atoms. The van der Waals surface area contributed by atoms with Crippen molar-refractivity contribution in [1.29, 1.82) is 0 Å². The highest BCUT2D eigenvalue weighted by molar-refractivity contribution is 6.25. The van der Waals surface area contributed by atoms with E-state index >= 15 is 0 Å². The van der Waals surface area contributed by atoms with Crippen LogP contribution >= 0.6 is 0 Å². The number of fused-ring (bicyclic) bond motifs is 20. The van der Waals surface area contributed by atoms with Gasteiger partial charge in [-0.05, 0) is 115 Å². The zero-order valence-corrected chi connectivity index (χ0v) is 54.2. The number of nitrogens with zero attached hydrogens (tertiary/aromatic N) is 8. The fourth-order valence-corrected chi connectivity index (χ4v) is 15.1. The Labute approximate surface area is 579 Å². The van der Waals surface area contributed by atoms with Crippen molar-refractivity contribution in [1.82, 2.24) is 39.0 Å². The molecule has 0 atom stereocenters. The van der Waals surface area contributed by atoms with E-state index < -0.39 is 0 Å². The van der Waals surface area contributed by atoms with E-state index in [1.807, 2.05) is 133 Å². The first kappa shape index (κ1) is 57.0. The van der Waals surface area contributed by atoms with Crippen LogP contribution in [-0.4, -0.2) is 39.0 Å². The van der Waals surface area contributed by atoms with Gasteiger partial charge in [0, 0.05) is 98.6 Å². The van der Waals surface area contributed by atoms with E-state index in [4.69, 9.17) is 47.6 Å². The number of aromatic nitrogens is 8. The second kappa shape index (κ2) is 22.7. The van der Waals surface area contributed by atoms with Gasteiger partial charge in [0.15, 0.2) is 34.9 Å². The van der Waals surface area contributed by atoms with Crippen LogP contribution < -0.4 is 0 Å².